The lowest BCUT2D eigenvalue weighted by atomic mass is 9.96. The number of aromatic nitrogens is 1. The maximum atomic E-state index is 12.6. The molecule has 0 bridgehead atoms. The largest absolute Gasteiger partial charge is 0.338 e. The molecule has 3 heterocycles. The normalized spacial score (nSPS) is 14.8. The highest BCUT2D eigenvalue weighted by Crippen LogP contribution is 2.32. The number of hydrogen-bond donors (Lipinski definition) is 1. The zero-order valence-corrected chi connectivity index (χ0v) is 18.4. The Morgan fingerprint density at radius 2 is 1.93 bits per heavy atom. The molecule has 9 heteroatoms. The molecule has 1 fully saturated rings. The van der Waals surface area contributed by atoms with Crippen molar-refractivity contribution in [1.82, 2.24) is 9.88 Å². The molecule has 0 unspecified atom stereocenters. The average Bonchev–Trinajstić information content (AvgIpc) is 3.40. The second-order valence-electron chi connectivity index (χ2n) is 6.70. The lowest BCUT2D eigenvalue weighted by Crippen LogP contribution is -2.41. The van der Waals surface area contributed by atoms with Crippen molar-refractivity contribution in [2.75, 3.05) is 18.4 Å². The Kier molecular flexibility index (Phi) is 6.20. The molecular weight excluding hydrogens is 449 g/mol. The van der Waals surface area contributed by atoms with Gasteiger partial charge in [0.25, 0.3) is 5.91 Å². The third kappa shape index (κ3) is 4.64. The first-order valence-corrected chi connectivity index (χ1v) is 11.6. The molecule has 0 saturated carbocycles. The number of benzene rings is 1. The van der Waals surface area contributed by atoms with Crippen molar-refractivity contribution in [3.8, 4) is 11.3 Å². The Morgan fingerprint density at radius 3 is 2.62 bits per heavy atom. The number of likely N-dealkylation sites (tertiary alicyclic amines) is 1. The van der Waals surface area contributed by atoms with Crippen molar-refractivity contribution < 1.29 is 9.59 Å². The Bertz CT molecular complexity index is 1030. The number of carbonyl (C=O) groups excluding carboxylic acids is 2. The fourth-order valence-electron chi connectivity index (χ4n) is 3.26. The molecule has 29 heavy (non-hydrogen) atoms. The van der Waals surface area contributed by atoms with E-state index < -0.39 is 0 Å². The van der Waals surface area contributed by atoms with Crippen LogP contribution in [0.2, 0.25) is 10.0 Å². The second-order valence-corrected chi connectivity index (χ2v) is 9.34. The van der Waals surface area contributed by atoms with E-state index >= 15 is 0 Å². The number of rotatable bonds is 4. The monoisotopic (exact) mass is 465 g/mol. The van der Waals surface area contributed by atoms with Gasteiger partial charge in [0.2, 0.25) is 5.91 Å². The second kappa shape index (κ2) is 8.83. The number of carbonyl (C=O) groups is 2. The van der Waals surface area contributed by atoms with Crippen molar-refractivity contribution in [3.05, 3.63) is 56.0 Å². The van der Waals surface area contributed by atoms with E-state index in [1.165, 1.54) is 22.7 Å². The Labute approximate surface area is 186 Å². The highest BCUT2D eigenvalue weighted by atomic mass is 35.5. The lowest BCUT2D eigenvalue weighted by Gasteiger charge is -2.30. The van der Waals surface area contributed by atoms with Crippen molar-refractivity contribution in [1.29, 1.82) is 0 Å². The number of piperidine rings is 1. The predicted molar refractivity (Wildman–Crippen MR) is 119 cm³/mol. The van der Waals surface area contributed by atoms with E-state index in [0.29, 0.717) is 46.8 Å². The minimum atomic E-state index is -0.131. The molecule has 0 atom stereocenters. The summed E-state index contributed by atoms with van der Waals surface area (Å²) in [5.74, 6) is -0.145. The maximum Gasteiger partial charge on any atom is 0.263 e. The molecule has 0 spiro atoms. The number of thiazole rings is 1. The Hall–Kier alpha value is -1.93. The van der Waals surface area contributed by atoms with Gasteiger partial charge in [-0.2, -0.15) is 0 Å². The minimum Gasteiger partial charge on any atom is -0.338 e. The van der Waals surface area contributed by atoms with Crippen LogP contribution < -0.4 is 5.32 Å². The van der Waals surface area contributed by atoms with Gasteiger partial charge in [-0.15, -0.1) is 22.7 Å². The zero-order valence-electron chi connectivity index (χ0n) is 15.2. The number of thiophene rings is 1. The van der Waals surface area contributed by atoms with Crippen LogP contribution in [0.15, 0.2) is 41.1 Å². The van der Waals surface area contributed by atoms with Crippen LogP contribution in [0, 0.1) is 5.92 Å². The van der Waals surface area contributed by atoms with Gasteiger partial charge in [-0.3, -0.25) is 9.59 Å². The van der Waals surface area contributed by atoms with Crippen LogP contribution in [0.1, 0.15) is 22.5 Å². The summed E-state index contributed by atoms with van der Waals surface area (Å²) in [6.07, 6.45) is 1.29. The molecule has 5 nitrogen and oxygen atoms in total. The van der Waals surface area contributed by atoms with Crippen LogP contribution in [0.4, 0.5) is 5.13 Å². The van der Waals surface area contributed by atoms with Crippen LogP contribution >= 0.6 is 45.9 Å². The summed E-state index contributed by atoms with van der Waals surface area (Å²) in [7, 11) is 0. The standard InChI is InChI=1S/C20H17Cl2N3O2S2/c21-13-3-4-14(15(22)10-13)16-11-29-20(23-16)24-18(26)12-5-7-25(8-6-12)19(27)17-2-1-9-28-17/h1-4,9-12H,5-8H2,(H,23,24,26). The zero-order chi connectivity index (χ0) is 20.4. The number of halogens is 2. The maximum absolute atomic E-state index is 12.6. The first-order chi connectivity index (χ1) is 14.0. The average molecular weight is 466 g/mol. The molecule has 1 saturated heterocycles. The third-order valence-electron chi connectivity index (χ3n) is 4.83. The fraction of sp³-hybridized carbons (Fsp3) is 0.250. The van der Waals surface area contributed by atoms with E-state index in [-0.39, 0.29) is 17.7 Å². The molecule has 2 amide bonds. The summed E-state index contributed by atoms with van der Waals surface area (Å²) < 4.78 is 0. The SMILES string of the molecule is O=C(Nc1nc(-c2ccc(Cl)cc2Cl)cs1)C1CCN(C(=O)c2cccs2)CC1. The highest BCUT2D eigenvalue weighted by Gasteiger charge is 2.28. The third-order valence-corrected chi connectivity index (χ3v) is 6.99. The Morgan fingerprint density at radius 1 is 1.14 bits per heavy atom. The van der Waals surface area contributed by atoms with E-state index in [1.807, 2.05) is 33.9 Å². The Balaban J connectivity index is 1.35. The van der Waals surface area contributed by atoms with E-state index in [2.05, 4.69) is 10.3 Å². The van der Waals surface area contributed by atoms with E-state index in [4.69, 9.17) is 23.2 Å². The molecule has 0 aliphatic carbocycles. The molecule has 150 valence electrons. The van der Waals surface area contributed by atoms with Crippen molar-refractivity contribution in [2.45, 2.75) is 12.8 Å². The number of nitrogens with one attached hydrogen (secondary N) is 1. The summed E-state index contributed by atoms with van der Waals surface area (Å²) in [6, 6.07) is 8.94. The van der Waals surface area contributed by atoms with Crippen LogP contribution in [0.5, 0.6) is 0 Å². The van der Waals surface area contributed by atoms with Gasteiger partial charge in [0.15, 0.2) is 5.13 Å². The van der Waals surface area contributed by atoms with Crippen LogP contribution in [-0.4, -0.2) is 34.8 Å². The first-order valence-electron chi connectivity index (χ1n) is 9.06. The van der Waals surface area contributed by atoms with Gasteiger partial charge in [-0.1, -0.05) is 29.3 Å². The molecule has 2 aromatic heterocycles. The summed E-state index contributed by atoms with van der Waals surface area (Å²) in [4.78, 5) is 32.1. The van der Waals surface area contributed by atoms with Gasteiger partial charge >= 0.3 is 0 Å². The van der Waals surface area contributed by atoms with E-state index in [9.17, 15) is 9.59 Å². The van der Waals surface area contributed by atoms with Gasteiger partial charge in [0.1, 0.15) is 0 Å². The molecule has 3 aromatic rings. The summed E-state index contributed by atoms with van der Waals surface area (Å²) >= 11 is 15.0. The van der Waals surface area contributed by atoms with Crippen LogP contribution in [0.25, 0.3) is 11.3 Å². The number of anilines is 1. The van der Waals surface area contributed by atoms with Crippen LogP contribution in [0.3, 0.4) is 0 Å². The van der Waals surface area contributed by atoms with E-state index in [1.54, 1.807) is 12.1 Å². The summed E-state index contributed by atoms with van der Waals surface area (Å²) in [6.45, 7) is 1.16. The lowest BCUT2D eigenvalue weighted by molar-refractivity contribution is -0.121. The van der Waals surface area contributed by atoms with Crippen molar-refractivity contribution >= 4 is 62.8 Å². The molecule has 1 aliphatic heterocycles. The molecule has 0 radical (unpaired) electrons. The number of hydrogen-bond acceptors (Lipinski definition) is 5. The molecule has 4 rings (SSSR count). The van der Waals surface area contributed by atoms with Gasteiger partial charge in [0.05, 0.1) is 15.6 Å². The van der Waals surface area contributed by atoms with Gasteiger partial charge in [-0.05, 0) is 42.5 Å². The minimum absolute atomic E-state index is 0.0447. The van der Waals surface area contributed by atoms with E-state index in [0.717, 1.165) is 10.4 Å². The summed E-state index contributed by atoms with van der Waals surface area (Å²) in [5, 5.41) is 8.27. The van der Waals surface area contributed by atoms with Gasteiger partial charge in [-0.25, -0.2) is 4.98 Å². The smallest absolute Gasteiger partial charge is 0.263 e. The fourth-order valence-corrected chi connectivity index (χ4v) is 5.17. The molecule has 1 aromatic carbocycles. The van der Waals surface area contributed by atoms with Crippen molar-refractivity contribution in [3.63, 3.8) is 0 Å². The van der Waals surface area contributed by atoms with Crippen molar-refractivity contribution in [2.24, 2.45) is 5.92 Å². The topological polar surface area (TPSA) is 62.3 Å². The van der Waals surface area contributed by atoms with Crippen LogP contribution in [-0.2, 0) is 4.79 Å². The quantitative estimate of drug-likeness (QED) is 0.539. The molecular formula is C20H17Cl2N3O2S2. The highest BCUT2D eigenvalue weighted by molar-refractivity contribution is 7.14. The molecule has 1 aliphatic rings. The molecule has 1 N–H and O–H groups in total. The first kappa shape index (κ1) is 20.3. The number of amides is 2. The predicted octanol–water partition coefficient (Wildman–Crippen LogP) is 5.67. The number of nitrogens with zero attached hydrogens (tertiary/aromatic N) is 2. The summed E-state index contributed by atoms with van der Waals surface area (Å²) in [5.41, 5.74) is 1.47. The van der Waals surface area contributed by atoms with Gasteiger partial charge < -0.3 is 10.2 Å². The van der Waals surface area contributed by atoms with Gasteiger partial charge in [0, 0.05) is 35.0 Å².